The Bertz CT molecular complexity index is 2050. The van der Waals surface area contributed by atoms with Gasteiger partial charge >= 0.3 is 12.1 Å². The Hall–Kier alpha value is -4.69. The van der Waals surface area contributed by atoms with Gasteiger partial charge in [0.15, 0.2) is 9.84 Å². The van der Waals surface area contributed by atoms with Crippen molar-refractivity contribution in [2.45, 2.75) is 56.3 Å². The van der Waals surface area contributed by atoms with Gasteiger partial charge in [0.25, 0.3) is 0 Å². The number of hydrogen-bond acceptors (Lipinski definition) is 9. The zero-order valence-corrected chi connectivity index (χ0v) is 28.6. The van der Waals surface area contributed by atoms with E-state index in [0.29, 0.717) is 50.3 Å². The van der Waals surface area contributed by atoms with E-state index in [0.717, 1.165) is 22.9 Å². The summed E-state index contributed by atoms with van der Waals surface area (Å²) in [6.07, 6.45) is -4.55. The minimum atomic E-state index is -4.92. The Morgan fingerprint density at radius 3 is 2.34 bits per heavy atom. The molecule has 3 heterocycles. The second-order valence-corrected chi connectivity index (χ2v) is 15.3. The number of sulfone groups is 1. The average molecular weight is 710 g/mol. The molecule has 2 aliphatic rings. The van der Waals surface area contributed by atoms with Gasteiger partial charge in [0, 0.05) is 37.5 Å². The van der Waals surface area contributed by atoms with E-state index < -0.39 is 34.1 Å². The third-order valence-electron chi connectivity index (χ3n) is 9.80. The molecule has 0 bridgehead atoms. The average Bonchev–Trinajstić information content (AvgIpc) is 3.47. The van der Waals surface area contributed by atoms with Crippen molar-refractivity contribution in [1.82, 2.24) is 15.3 Å². The van der Waals surface area contributed by atoms with Crippen LogP contribution in [0, 0.1) is 19.3 Å². The van der Waals surface area contributed by atoms with Crippen molar-refractivity contribution in [3.63, 3.8) is 0 Å². The first kappa shape index (κ1) is 35.1. The Balaban J connectivity index is 1.36. The highest BCUT2D eigenvalue weighted by molar-refractivity contribution is 7.90. The van der Waals surface area contributed by atoms with Crippen molar-refractivity contribution in [2.24, 2.45) is 5.41 Å². The summed E-state index contributed by atoms with van der Waals surface area (Å²) in [5, 5.41) is 12.5. The molecule has 2 aliphatic heterocycles. The van der Waals surface area contributed by atoms with Crippen molar-refractivity contribution in [1.29, 1.82) is 0 Å². The largest absolute Gasteiger partial charge is 0.480 e. The third kappa shape index (κ3) is 7.41. The molecule has 4 aromatic rings. The van der Waals surface area contributed by atoms with Crippen LogP contribution in [0.15, 0.2) is 71.6 Å². The highest BCUT2D eigenvalue weighted by atomic mass is 32.2. The van der Waals surface area contributed by atoms with Gasteiger partial charge in [-0.25, -0.2) is 8.42 Å². The minimum absolute atomic E-state index is 0.0367. The minimum Gasteiger partial charge on any atom is -0.480 e. The van der Waals surface area contributed by atoms with Gasteiger partial charge in [0.2, 0.25) is 17.9 Å². The fourth-order valence-electron chi connectivity index (χ4n) is 6.79. The van der Waals surface area contributed by atoms with Crippen LogP contribution in [-0.2, 0) is 14.6 Å². The van der Waals surface area contributed by atoms with Crippen molar-refractivity contribution >= 4 is 27.6 Å². The zero-order chi connectivity index (χ0) is 36.0. The van der Waals surface area contributed by atoms with E-state index in [1.165, 1.54) is 30.3 Å². The molecule has 0 aliphatic carbocycles. The monoisotopic (exact) mass is 709 g/mol. The summed E-state index contributed by atoms with van der Waals surface area (Å²) in [7, 11) is -3.67. The summed E-state index contributed by atoms with van der Waals surface area (Å²) >= 11 is 0. The number of nitrogens with two attached hydrogens (primary N) is 1. The van der Waals surface area contributed by atoms with E-state index in [1.54, 1.807) is 18.2 Å². The van der Waals surface area contributed by atoms with E-state index >= 15 is 13.2 Å². The van der Waals surface area contributed by atoms with Gasteiger partial charge in [-0.1, -0.05) is 42.5 Å². The number of benzene rings is 3. The number of hydrogen-bond donors (Lipinski definition) is 3. The van der Waals surface area contributed by atoms with Gasteiger partial charge < -0.3 is 25.8 Å². The van der Waals surface area contributed by atoms with Gasteiger partial charge in [-0.15, -0.1) is 0 Å². The van der Waals surface area contributed by atoms with Crippen LogP contribution in [-0.4, -0.2) is 67.6 Å². The molecule has 2 saturated heterocycles. The molecule has 2 atom stereocenters. The maximum absolute atomic E-state index is 15.0. The molecular weight excluding hydrogens is 671 g/mol. The van der Waals surface area contributed by atoms with E-state index in [9.17, 15) is 18.3 Å². The molecule has 0 saturated carbocycles. The number of carboxylic acids is 1. The normalized spacial score (nSPS) is 18.3. The predicted molar refractivity (Wildman–Crippen MR) is 184 cm³/mol. The van der Waals surface area contributed by atoms with Crippen LogP contribution in [0.5, 0.6) is 5.88 Å². The van der Waals surface area contributed by atoms with Gasteiger partial charge in [-0.2, -0.15) is 23.1 Å². The maximum Gasteiger partial charge on any atom is 0.429 e. The molecule has 50 heavy (non-hydrogen) atoms. The van der Waals surface area contributed by atoms with Crippen LogP contribution in [0.2, 0.25) is 0 Å². The number of alkyl halides is 3. The van der Waals surface area contributed by atoms with E-state index in [4.69, 9.17) is 10.5 Å². The Morgan fingerprint density at radius 1 is 1.00 bits per heavy atom. The van der Waals surface area contributed by atoms with Gasteiger partial charge in [0.1, 0.15) is 11.9 Å². The molecule has 264 valence electrons. The summed E-state index contributed by atoms with van der Waals surface area (Å²) in [5.74, 6) is -1.23. The second-order valence-electron chi connectivity index (χ2n) is 13.3. The smallest absolute Gasteiger partial charge is 0.429 e. The number of piperidine rings is 1. The topological polar surface area (TPSA) is 148 Å². The number of anilines is 2. The summed E-state index contributed by atoms with van der Waals surface area (Å²) in [6, 6.07) is 16.8. The molecule has 4 N–H and O–H groups in total. The molecule has 1 spiro atoms. The highest BCUT2D eigenvalue weighted by Crippen LogP contribution is 2.44. The Morgan fingerprint density at radius 2 is 1.70 bits per heavy atom. The summed E-state index contributed by atoms with van der Waals surface area (Å²) < 4.78 is 75.7. The number of nitrogen functional groups attached to an aromatic ring is 1. The molecule has 1 unspecified atom stereocenters. The molecular formula is C36H38F3N5O5S. The molecule has 0 radical (unpaired) electrons. The number of carbonyl (C=O) groups is 1. The predicted octanol–water partition coefficient (Wildman–Crippen LogP) is 6.13. The standard InChI is InChI=1S/C36H38F3N5O5S/c1-21-7-8-23(15-22(21)2)24-9-10-27(28(17-24)25-5-4-6-26(16-25)50(3,47)48)32(36(37,38)39)49-31-18-30(42-34(40)43-31)44-13-11-35(12-14-44)19-29(33(45)46)41-20-35/h4-10,15-18,29,32,41H,11-14,19-20H2,1-3H3,(H,45,46)(H2,40,42,43)/t29-,32?/m0/s1. The van der Waals surface area contributed by atoms with Crippen LogP contribution in [0.3, 0.4) is 0 Å². The number of nitrogens with zero attached hydrogens (tertiary/aromatic N) is 3. The number of aromatic nitrogens is 2. The van der Waals surface area contributed by atoms with Gasteiger partial charge in [-0.05, 0) is 90.1 Å². The fourth-order valence-corrected chi connectivity index (χ4v) is 7.46. The van der Waals surface area contributed by atoms with Crippen molar-refractivity contribution < 1.29 is 36.2 Å². The number of nitrogens with one attached hydrogen (secondary N) is 1. The second kappa shape index (κ2) is 13.2. The van der Waals surface area contributed by atoms with Crippen LogP contribution in [0.1, 0.15) is 42.1 Å². The Labute approximate surface area is 288 Å². The number of carboxylic acid groups (broad SMARTS) is 1. The van der Waals surface area contributed by atoms with Crippen LogP contribution in [0.25, 0.3) is 22.3 Å². The van der Waals surface area contributed by atoms with Crippen molar-refractivity contribution in [3.8, 4) is 28.1 Å². The number of aryl methyl sites for hydroxylation is 2. The number of ether oxygens (including phenoxy) is 1. The van der Waals surface area contributed by atoms with E-state index in [-0.39, 0.29) is 38.8 Å². The quantitative estimate of drug-likeness (QED) is 0.195. The summed E-state index contributed by atoms with van der Waals surface area (Å²) in [5.41, 5.74) is 9.48. The molecule has 2 fully saturated rings. The lowest BCUT2D eigenvalue weighted by molar-refractivity contribution is -0.198. The van der Waals surface area contributed by atoms with Crippen molar-refractivity contribution in [3.05, 3.63) is 83.4 Å². The number of aliphatic carboxylic acids is 1. The third-order valence-corrected chi connectivity index (χ3v) is 10.9. The number of rotatable bonds is 8. The first-order valence-electron chi connectivity index (χ1n) is 16.1. The van der Waals surface area contributed by atoms with E-state index in [2.05, 4.69) is 15.3 Å². The maximum atomic E-state index is 15.0. The van der Waals surface area contributed by atoms with Crippen molar-refractivity contribution in [2.75, 3.05) is 36.5 Å². The van der Waals surface area contributed by atoms with Crippen LogP contribution < -0.4 is 20.7 Å². The lowest BCUT2D eigenvalue weighted by atomic mass is 9.76. The zero-order valence-electron chi connectivity index (χ0n) is 27.8. The molecule has 0 amide bonds. The molecule has 6 rings (SSSR count). The summed E-state index contributed by atoms with van der Waals surface area (Å²) in [4.78, 5) is 21.6. The summed E-state index contributed by atoms with van der Waals surface area (Å²) in [6.45, 7) is 5.47. The Kier molecular flexibility index (Phi) is 9.29. The first-order chi connectivity index (χ1) is 23.5. The molecule has 1 aromatic heterocycles. The molecule has 14 heteroatoms. The molecule has 10 nitrogen and oxygen atoms in total. The lowest BCUT2D eigenvalue weighted by Gasteiger charge is -2.39. The van der Waals surface area contributed by atoms with Gasteiger partial charge in [-0.3, -0.25) is 4.79 Å². The van der Waals surface area contributed by atoms with E-state index in [1.807, 2.05) is 36.9 Å². The van der Waals surface area contributed by atoms with Crippen LogP contribution in [0.4, 0.5) is 24.9 Å². The van der Waals surface area contributed by atoms with Crippen LogP contribution >= 0.6 is 0 Å². The number of halogens is 3. The SMILES string of the molecule is Cc1ccc(-c2ccc(C(Oc3cc(N4CCC5(CC4)CN[C@H](C(=O)O)C5)nc(N)n3)C(F)(F)F)c(-c3cccc(S(C)(=O)=O)c3)c2)cc1C. The molecule has 3 aromatic carbocycles. The first-order valence-corrected chi connectivity index (χ1v) is 18.0. The highest BCUT2D eigenvalue weighted by Gasteiger charge is 2.46. The fraction of sp³-hybridized carbons (Fsp3) is 0.361. The van der Waals surface area contributed by atoms with Gasteiger partial charge in [0.05, 0.1) is 4.90 Å². The lowest BCUT2D eigenvalue weighted by Crippen LogP contribution is -2.41.